The highest BCUT2D eigenvalue weighted by molar-refractivity contribution is 6.10. The molecule has 0 spiro atoms. The molecule has 0 unspecified atom stereocenters. The van der Waals surface area contributed by atoms with Gasteiger partial charge >= 0.3 is 0 Å². The molecule has 27 heavy (non-hydrogen) atoms. The maximum Gasteiger partial charge on any atom is 0.203 e. The highest BCUT2D eigenvalue weighted by Gasteiger charge is 2.14. The Balaban J connectivity index is 1.75. The van der Waals surface area contributed by atoms with E-state index in [1.807, 2.05) is 52.9 Å². The Labute approximate surface area is 157 Å². The molecule has 0 saturated heterocycles. The van der Waals surface area contributed by atoms with Crippen LogP contribution in [0.5, 0.6) is 0 Å². The second-order valence-corrected chi connectivity index (χ2v) is 6.99. The third-order valence-electron chi connectivity index (χ3n) is 4.54. The van der Waals surface area contributed by atoms with Crippen molar-refractivity contribution in [3.8, 4) is 0 Å². The van der Waals surface area contributed by atoms with Gasteiger partial charge in [0.2, 0.25) is 5.65 Å². The van der Waals surface area contributed by atoms with Gasteiger partial charge in [-0.2, -0.15) is 0 Å². The predicted molar refractivity (Wildman–Crippen MR) is 106 cm³/mol. The van der Waals surface area contributed by atoms with Crippen LogP contribution in [0.2, 0.25) is 0 Å². The number of aromatic nitrogens is 4. The van der Waals surface area contributed by atoms with E-state index in [-0.39, 0.29) is 5.78 Å². The van der Waals surface area contributed by atoms with Crippen molar-refractivity contribution in [1.82, 2.24) is 19.6 Å². The lowest BCUT2D eigenvalue weighted by Crippen LogP contribution is -2.09. The van der Waals surface area contributed by atoms with Gasteiger partial charge < -0.3 is 5.32 Å². The van der Waals surface area contributed by atoms with E-state index in [0.717, 1.165) is 24.0 Å². The number of carbonyl (C=O) groups excluding carboxylic acids is 1. The van der Waals surface area contributed by atoms with E-state index in [1.165, 1.54) is 0 Å². The van der Waals surface area contributed by atoms with Crippen LogP contribution in [0.15, 0.2) is 54.9 Å². The number of anilines is 1. The molecule has 0 aliphatic carbocycles. The fourth-order valence-corrected chi connectivity index (χ4v) is 3.05. The number of fused-ring (bicyclic) bond motifs is 3. The van der Waals surface area contributed by atoms with Gasteiger partial charge in [-0.25, -0.2) is 4.98 Å². The van der Waals surface area contributed by atoms with Crippen molar-refractivity contribution in [3.63, 3.8) is 0 Å². The monoisotopic (exact) mass is 359 g/mol. The van der Waals surface area contributed by atoms with Crippen LogP contribution < -0.4 is 5.32 Å². The summed E-state index contributed by atoms with van der Waals surface area (Å²) < 4.78 is 1.88. The van der Waals surface area contributed by atoms with E-state index >= 15 is 0 Å². The summed E-state index contributed by atoms with van der Waals surface area (Å²) >= 11 is 0. The number of hydrogen-bond acceptors (Lipinski definition) is 5. The van der Waals surface area contributed by atoms with E-state index in [4.69, 9.17) is 4.98 Å². The summed E-state index contributed by atoms with van der Waals surface area (Å²) in [5.74, 6) is 1.30. The van der Waals surface area contributed by atoms with Crippen LogP contribution >= 0.6 is 0 Å². The van der Waals surface area contributed by atoms with Crippen molar-refractivity contribution in [2.24, 2.45) is 5.92 Å². The van der Waals surface area contributed by atoms with Crippen LogP contribution in [0, 0.1) is 5.92 Å². The molecule has 0 aliphatic heterocycles. The minimum atomic E-state index is -0.0159. The van der Waals surface area contributed by atoms with Gasteiger partial charge in [0.1, 0.15) is 6.33 Å². The second-order valence-electron chi connectivity index (χ2n) is 6.99. The fraction of sp³-hybridized carbons (Fsp3) is 0.238. The van der Waals surface area contributed by atoms with Crippen molar-refractivity contribution in [3.05, 3.63) is 66.0 Å². The maximum atomic E-state index is 12.8. The maximum absolute atomic E-state index is 12.8. The predicted octanol–water partition coefficient (Wildman–Crippen LogP) is 3.97. The van der Waals surface area contributed by atoms with Gasteiger partial charge in [-0.3, -0.25) is 9.20 Å². The molecule has 0 fully saturated rings. The van der Waals surface area contributed by atoms with Crippen LogP contribution in [-0.4, -0.2) is 31.9 Å². The van der Waals surface area contributed by atoms with Gasteiger partial charge in [-0.15, -0.1) is 10.2 Å². The molecule has 2 heterocycles. The van der Waals surface area contributed by atoms with Crippen molar-refractivity contribution in [1.29, 1.82) is 0 Å². The van der Waals surface area contributed by atoms with E-state index in [1.54, 1.807) is 6.33 Å². The minimum Gasteiger partial charge on any atom is -0.367 e. The first-order chi connectivity index (χ1) is 13.1. The molecule has 2 aromatic heterocycles. The second kappa shape index (κ2) is 7.15. The highest BCUT2D eigenvalue weighted by Crippen LogP contribution is 2.22. The van der Waals surface area contributed by atoms with E-state index in [2.05, 4.69) is 29.4 Å². The van der Waals surface area contributed by atoms with Gasteiger partial charge in [0.25, 0.3) is 0 Å². The van der Waals surface area contributed by atoms with E-state index < -0.39 is 0 Å². The molecule has 0 amide bonds. The highest BCUT2D eigenvalue weighted by atomic mass is 16.1. The van der Waals surface area contributed by atoms with Crippen molar-refractivity contribution in [2.75, 3.05) is 11.9 Å². The third kappa shape index (κ3) is 3.38. The van der Waals surface area contributed by atoms with Crippen LogP contribution in [0.1, 0.15) is 36.2 Å². The van der Waals surface area contributed by atoms with Crippen LogP contribution in [-0.2, 0) is 0 Å². The summed E-state index contributed by atoms with van der Waals surface area (Å²) in [4.78, 5) is 17.5. The molecule has 0 bridgehead atoms. The van der Waals surface area contributed by atoms with Gasteiger partial charge in [0, 0.05) is 17.7 Å². The molecule has 136 valence electrons. The summed E-state index contributed by atoms with van der Waals surface area (Å²) in [6, 6.07) is 14.8. The summed E-state index contributed by atoms with van der Waals surface area (Å²) in [5.41, 5.74) is 3.54. The topological polar surface area (TPSA) is 72.2 Å². The van der Waals surface area contributed by atoms with Crippen LogP contribution in [0.25, 0.3) is 16.7 Å². The zero-order chi connectivity index (χ0) is 18.8. The van der Waals surface area contributed by atoms with Crippen molar-refractivity contribution in [2.45, 2.75) is 20.3 Å². The average Bonchev–Trinajstić information content (AvgIpc) is 3.18. The van der Waals surface area contributed by atoms with Crippen LogP contribution in [0.3, 0.4) is 0 Å². The first-order valence-corrected chi connectivity index (χ1v) is 9.10. The van der Waals surface area contributed by atoms with Crippen LogP contribution in [0.4, 0.5) is 5.82 Å². The Kier molecular flexibility index (Phi) is 4.54. The Bertz CT molecular complexity index is 1100. The number of carbonyl (C=O) groups is 1. The smallest absolute Gasteiger partial charge is 0.203 e. The molecule has 2 aromatic carbocycles. The summed E-state index contributed by atoms with van der Waals surface area (Å²) in [7, 11) is 0. The largest absolute Gasteiger partial charge is 0.367 e. The fourth-order valence-electron chi connectivity index (χ4n) is 3.05. The molecule has 0 radical (unpaired) electrons. The lowest BCUT2D eigenvalue weighted by Gasteiger charge is -2.11. The summed E-state index contributed by atoms with van der Waals surface area (Å²) in [5, 5.41) is 11.6. The molecule has 6 nitrogen and oxygen atoms in total. The van der Waals surface area contributed by atoms with E-state index in [9.17, 15) is 4.79 Å². The third-order valence-corrected chi connectivity index (χ3v) is 4.54. The van der Waals surface area contributed by atoms with E-state index in [0.29, 0.717) is 28.5 Å². The normalized spacial score (nSPS) is 11.4. The van der Waals surface area contributed by atoms with Gasteiger partial charge in [0.05, 0.1) is 11.0 Å². The van der Waals surface area contributed by atoms with Gasteiger partial charge in [-0.1, -0.05) is 44.2 Å². The zero-order valence-corrected chi connectivity index (χ0v) is 15.4. The molecular weight excluding hydrogens is 338 g/mol. The minimum absolute atomic E-state index is 0.0159. The van der Waals surface area contributed by atoms with Gasteiger partial charge in [0.15, 0.2) is 11.6 Å². The molecule has 0 atom stereocenters. The summed E-state index contributed by atoms with van der Waals surface area (Å²) in [6.45, 7) is 5.20. The Morgan fingerprint density at radius 2 is 1.93 bits per heavy atom. The number of hydrogen-bond donors (Lipinski definition) is 1. The lowest BCUT2D eigenvalue weighted by molar-refractivity contribution is 0.103. The number of ketones is 1. The quantitative estimate of drug-likeness (QED) is 0.528. The van der Waals surface area contributed by atoms with Crippen molar-refractivity contribution < 1.29 is 4.79 Å². The molecule has 1 N–H and O–H groups in total. The Morgan fingerprint density at radius 1 is 1.11 bits per heavy atom. The number of benzene rings is 2. The Hall–Kier alpha value is -3.28. The molecule has 0 saturated carbocycles. The lowest BCUT2D eigenvalue weighted by atomic mass is 10.0. The number of nitrogens with one attached hydrogen (secondary N) is 1. The Morgan fingerprint density at radius 3 is 2.70 bits per heavy atom. The summed E-state index contributed by atoms with van der Waals surface area (Å²) in [6.07, 6.45) is 2.70. The first-order valence-electron chi connectivity index (χ1n) is 9.10. The number of rotatable bonds is 6. The molecule has 0 aliphatic rings. The number of nitrogens with zero attached hydrogens (tertiary/aromatic N) is 4. The molecule has 4 aromatic rings. The molecule has 6 heteroatoms. The van der Waals surface area contributed by atoms with Gasteiger partial charge in [-0.05, 0) is 30.5 Å². The zero-order valence-electron chi connectivity index (χ0n) is 15.4. The SMILES string of the molecule is CC(C)CCNc1nc2ccc(C(=O)c3ccccc3)cc2n2cnnc12. The average molecular weight is 359 g/mol. The van der Waals surface area contributed by atoms with Crippen molar-refractivity contribution >= 4 is 28.3 Å². The standard InChI is InChI=1S/C21H21N5O/c1-14(2)10-11-22-20-21-25-23-13-26(21)18-12-16(8-9-17(18)24-20)19(27)15-6-4-3-5-7-15/h3-9,12-14H,10-11H2,1-2H3,(H,22,24). The molecule has 4 rings (SSSR count). The molecular formula is C21H21N5O. The first kappa shape index (κ1) is 17.1.